The number of aliphatic carboxylic acids is 1. The molecule has 0 spiro atoms. The minimum absolute atomic E-state index is 0.0437. The fourth-order valence-electron chi connectivity index (χ4n) is 2.71. The van der Waals surface area contributed by atoms with Crippen molar-refractivity contribution in [1.82, 2.24) is 5.32 Å². The molecule has 120 valence electrons. The van der Waals surface area contributed by atoms with E-state index in [-0.39, 0.29) is 18.9 Å². The van der Waals surface area contributed by atoms with Crippen LogP contribution in [-0.2, 0) is 9.59 Å². The van der Waals surface area contributed by atoms with Crippen LogP contribution in [0.15, 0.2) is 12.1 Å². The number of ether oxygens (including phenoxy) is 1. The molecule has 5 nitrogen and oxygen atoms in total. The second kappa shape index (κ2) is 6.57. The summed E-state index contributed by atoms with van der Waals surface area (Å²) in [5.74, 6) is -0.619. The summed E-state index contributed by atoms with van der Waals surface area (Å²) in [6, 6.07) is 3.55. The second-order valence-corrected chi connectivity index (χ2v) is 6.29. The highest BCUT2D eigenvalue weighted by molar-refractivity contribution is 6.32. The molecule has 1 aromatic rings. The lowest BCUT2D eigenvalue weighted by Crippen LogP contribution is -2.55. The molecule has 6 heteroatoms. The standard InChI is InChI=1S/C16H20ClNO4/c1-10-6-12(7-11(2)15(10)17)22-9-13(19)18-16(4-3-5-16)8-14(20)21/h6-7H,3-5,8-9H2,1-2H3,(H,18,19)(H,20,21). The molecule has 0 atom stereocenters. The number of hydrogen-bond acceptors (Lipinski definition) is 3. The van der Waals surface area contributed by atoms with E-state index in [1.807, 2.05) is 13.8 Å². The molecule has 1 amide bonds. The largest absolute Gasteiger partial charge is 0.484 e. The number of hydrogen-bond donors (Lipinski definition) is 2. The first-order chi connectivity index (χ1) is 10.3. The van der Waals surface area contributed by atoms with Crippen molar-refractivity contribution in [3.05, 3.63) is 28.3 Å². The Bertz CT molecular complexity index is 573. The number of carboxylic acids is 1. The molecule has 1 aliphatic carbocycles. The van der Waals surface area contributed by atoms with Gasteiger partial charge in [-0.05, 0) is 56.4 Å². The van der Waals surface area contributed by atoms with Crippen molar-refractivity contribution in [1.29, 1.82) is 0 Å². The van der Waals surface area contributed by atoms with Crippen LogP contribution in [0, 0.1) is 13.8 Å². The molecule has 2 rings (SSSR count). The maximum absolute atomic E-state index is 12.0. The average molecular weight is 326 g/mol. The third kappa shape index (κ3) is 3.91. The Morgan fingerprint density at radius 2 is 1.91 bits per heavy atom. The van der Waals surface area contributed by atoms with Crippen molar-refractivity contribution in [2.24, 2.45) is 0 Å². The van der Waals surface area contributed by atoms with E-state index in [0.29, 0.717) is 23.6 Å². The number of rotatable bonds is 6. The molecule has 22 heavy (non-hydrogen) atoms. The van der Waals surface area contributed by atoms with Gasteiger partial charge in [-0.3, -0.25) is 9.59 Å². The average Bonchev–Trinajstić information content (AvgIpc) is 2.39. The van der Waals surface area contributed by atoms with Crippen LogP contribution in [0.3, 0.4) is 0 Å². The fourth-order valence-corrected chi connectivity index (χ4v) is 2.82. The SMILES string of the molecule is Cc1cc(OCC(=O)NC2(CC(=O)O)CCC2)cc(C)c1Cl. The Kier molecular flexibility index (Phi) is 4.96. The minimum Gasteiger partial charge on any atom is -0.484 e. The zero-order valence-electron chi connectivity index (χ0n) is 12.7. The zero-order chi connectivity index (χ0) is 16.3. The fraction of sp³-hybridized carbons (Fsp3) is 0.500. The Labute approximate surface area is 134 Å². The molecule has 0 aliphatic heterocycles. The van der Waals surface area contributed by atoms with Gasteiger partial charge in [0.15, 0.2) is 6.61 Å². The van der Waals surface area contributed by atoms with E-state index in [1.54, 1.807) is 12.1 Å². The molecule has 2 N–H and O–H groups in total. The normalized spacial score (nSPS) is 15.8. The molecule has 0 radical (unpaired) electrons. The summed E-state index contributed by atoms with van der Waals surface area (Å²) in [5, 5.41) is 12.4. The van der Waals surface area contributed by atoms with E-state index in [0.717, 1.165) is 17.5 Å². The quantitative estimate of drug-likeness (QED) is 0.843. The lowest BCUT2D eigenvalue weighted by atomic mass is 9.74. The highest BCUT2D eigenvalue weighted by atomic mass is 35.5. The Balaban J connectivity index is 1.91. The van der Waals surface area contributed by atoms with Crippen molar-refractivity contribution in [3.8, 4) is 5.75 Å². The predicted octanol–water partition coefficient (Wildman–Crippen LogP) is 2.85. The van der Waals surface area contributed by atoms with E-state index >= 15 is 0 Å². The van der Waals surface area contributed by atoms with Crippen molar-refractivity contribution >= 4 is 23.5 Å². The van der Waals surface area contributed by atoms with Crippen LogP contribution in [-0.4, -0.2) is 29.1 Å². The van der Waals surface area contributed by atoms with E-state index in [4.69, 9.17) is 21.4 Å². The Morgan fingerprint density at radius 1 is 1.32 bits per heavy atom. The molecule has 0 saturated heterocycles. The zero-order valence-corrected chi connectivity index (χ0v) is 13.5. The van der Waals surface area contributed by atoms with Crippen LogP contribution < -0.4 is 10.1 Å². The molecule has 1 saturated carbocycles. The first-order valence-electron chi connectivity index (χ1n) is 7.24. The van der Waals surface area contributed by atoms with Crippen LogP contribution >= 0.6 is 11.6 Å². The van der Waals surface area contributed by atoms with Gasteiger partial charge in [0.25, 0.3) is 5.91 Å². The number of halogens is 1. The third-order valence-corrected chi connectivity index (χ3v) is 4.58. The molecular weight excluding hydrogens is 306 g/mol. The highest BCUT2D eigenvalue weighted by Gasteiger charge is 2.40. The van der Waals surface area contributed by atoms with Crippen molar-refractivity contribution < 1.29 is 19.4 Å². The van der Waals surface area contributed by atoms with Gasteiger partial charge in [-0.15, -0.1) is 0 Å². The number of carboxylic acid groups (broad SMARTS) is 1. The van der Waals surface area contributed by atoms with Gasteiger partial charge in [-0.2, -0.15) is 0 Å². The topological polar surface area (TPSA) is 75.6 Å². The van der Waals surface area contributed by atoms with Crippen LogP contribution in [0.1, 0.15) is 36.8 Å². The summed E-state index contributed by atoms with van der Waals surface area (Å²) < 4.78 is 5.49. The lowest BCUT2D eigenvalue weighted by Gasteiger charge is -2.41. The number of carbonyl (C=O) groups excluding carboxylic acids is 1. The van der Waals surface area contributed by atoms with Crippen LogP contribution in [0.25, 0.3) is 0 Å². The first-order valence-corrected chi connectivity index (χ1v) is 7.61. The molecule has 0 heterocycles. The maximum atomic E-state index is 12.0. The van der Waals surface area contributed by atoms with Gasteiger partial charge in [0.2, 0.25) is 0 Å². The molecule has 1 aromatic carbocycles. The van der Waals surface area contributed by atoms with Crippen LogP contribution in [0.2, 0.25) is 5.02 Å². The lowest BCUT2D eigenvalue weighted by molar-refractivity contribution is -0.140. The van der Waals surface area contributed by atoms with Gasteiger partial charge in [0.1, 0.15) is 5.75 Å². The van der Waals surface area contributed by atoms with E-state index in [9.17, 15) is 9.59 Å². The van der Waals surface area contributed by atoms with Crippen LogP contribution in [0.5, 0.6) is 5.75 Å². The number of benzene rings is 1. The molecular formula is C16H20ClNO4. The Hall–Kier alpha value is -1.75. The van der Waals surface area contributed by atoms with Crippen LogP contribution in [0.4, 0.5) is 0 Å². The molecule has 0 aromatic heterocycles. The summed E-state index contributed by atoms with van der Waals surface area (Å²) >= 11 is 6.08. The minimum atomic E-state index is -0.898. The smallest absolute Gasteiger partial charge is 0.305 e. The first kappa shape index (κ1) is 16.6. The van der Waals surface area contributed by atoms with Crippen molar-refractivity contribution in [2.75, 3.05) is 6.61 Å². The van der Waals surface area contributed by atoms with E-state index in [1.165, 1.54) is 0 Å². The maximum Gasteiger partial charge on any atom is 0.305 e. The van der Waals surface area contributed by atoms with Gasteiger partial charge in [0.05, 0.1) is 12.0 Å². The van der Waals surface area contributed by atoms with Gasteiger partial charge in [-0.1, -0.05) is 11.6 Å². The van der Waals surface area contributed by atoms with E-state index < -0.39 is 11.5 Å². The van der Waals surface area contributed by atoms with Gasteiger partial charge < -0.3 is 15.2 Å². The number of carbonyl (C=O) groups is 2. The van der Waals surface area contributed by atoms with Gasteiger partial charge >= 0.3 is 5.97 Å². The predicted molar refractivity (Wildman–Crippen MR) is 83.4 cm³/mol. The van der Waals surface area contributed by atoms with Crippen molar-refractivity contribution in [3.63, 3.8) is 0 Å². The van der Waals surface area contributed by atoms with Crippen molar-refractivity contribution in [2.45, 2.75) is 45.1 Å². The summed E-state index contributed by atoms with van der Waals surface area (Å²) in [6.45, 7) is 3.61. The van der Waals surface area contributed by atoms with E-state index in [2.05, 4.69) is 5.32 Å². The molecule has 1 aliphatic rings. The molecule has 0 bridgehead atoms. The molecule has 0 unspecified atom stereocenters. The third-order valence-electron chi connectivity index (χ3n) is 3.98. The monoisotopic (exact) mass is 325 g/mol. The summed E-state index contributed by atoms with van der Waals surface area (Å²) in [6.07, 6.45) is 2.29. The summed E-state index contributed by atoms with van der Waals surface area (Å²) in [5.41, 5.74) is 1.18. The Morgan fingerprint density at radius 3 is 2.36 bits per heavy atom. The van der Waals surface area contributed by atoms with Gasteiger partial charge in [0, 0.05) is 5.02 Å². The number of aryl methyl sites for hydroxylation is 2. The number of nitrogens with one attached hydrogen (secondary N) is 1. The number of amides is 1. The summed E-state index contributed by atoms with van der Waals surface area (Å²) in [7, 11) is 0. The summed E-state index contributed by atoms with van der Waals surface area (Å²) in [4.78, 5) is 22.9. The molecule has 1 fully saturated rings. The highest BCUT2D eigenvalue weighted by Crippen LogP contribution is 2.34. The second-order valence-electron chi connectivity index (χ2n) is 5.91. The van der Waals surface area contributed by atoms with Gasteiger partial charge in [-0.25, -0.2) is 0 Å².